The van der Waals surface area contributed by atoms with Crippen molar-refractivity contribution in [1.82, 2.24) is 5.32 Å². The smallest absolute Gasteiger partial charge is 0.123 e. The molecule has 1 rings (SSSR count). The van der Waals surface area contributed by atoms with Gasteiger partial charge < -0.3 is 10.1 Å². The zero-order valence-electron chi connectivity index (χ0n) is 12.5. The van der Waals surface area contributed by atoms with Crippen molar-refractivity contribution in [2.75, 3.05) is 13.7 Å². The largest absolute Gasteiger partial charge is 0.496 e. The van der Waals surface area contributed by atoms with E-state index in [-0.39, 0.29) is 0 Å². The Morgan fingerprint density at radius 1 is 1.42 bits per heavy atom. The SMILES string of the molecule is C=CCCCC(NCCC)c1cc(C)ccc1OC. The van der Waals surface area contributed by atoms with Gasteiger partial charge in [0.25, 0.3) is 0 Å². The number of methoxy groups -OCH3 is 1. The lowest BCUT2D eigenvalue weighted by atomic mass is 9.98. The number of unbranched alkanes of at least 4 members (excludes halogenated alkanes) is 1. The predicted octanol–water partition coefficient (Wildman–Crippen LogP) is 4.40. The van der Waals surface area contributed by atoms with Gasteiger partial charge in [-0.25, -0.2) is 0 Å². The van der Waals surface area contributed by atoms with Crippen LogP contribution >= 0.6 is 0 Å². The molecule has 0 saturated heterocycles. The molecule has 0 radical (unpaired) electrons. The second kappa shape index (κ2) is 8.76. The van der Waals surface area contributed by atoms with Gasteiger partial charge in [0.1, 0.15) is 5.75 Å². The van der Waals surface area contributed by atoms with Gasteiger partial charge >= 0.3 is 0 Å². The van der Waals surface area contributed by atoms with Crippen LogP contribution in [-0.2, 0) is 0 Å². The first kappa shape index (κ1) is 15.8. The molecule has 0 amide bonds. The summed E-state index contributed by atoms with van der Waals surface area (Å²) in [6, 6.07) is 6.77. The third kappa shape index (κ3) is 5.07. The lowest BCUT2D eigenvalue weighted by Gasteiger charge is -2.21. The molecule has 106 valence electrons. The maximum Gasteiger partial charge on any atom is 0.123 e. The number of allylic oxidation sites excluding steroid dienone is 1. The molecule has 1 atom stereocenters. The summed E-state index contributed by atoms with van der Waals surface area (Å²) in [5.74, 6) is 0.984. The summed E-state index contributed by atoms with van der Waals surface area (Å²) in [6.07, 6.45) is 6.47. The fourth-order valence-corrected chi connectivity index (χ4v) is 2.28. The van der Waals surface area contributed by atoms with Crippen molar-refractivity contribution < 1.29 is 4.74 Å². The Morgan fingerprint density at radius 3 is 2.84 bits per heavy atom. The minimum atomic E-state index is 0.370. The van der Waals surface area contributed by atoms with Crippen molar-refractivity contribution in [3.05, 3.63) is 42.0 Å². The van der Waals surface area contributed by atoms with E-state index in [4.69, 9.17) is 4.74 Å². The fraction of sp³-hybridized carbons (Fsp3) is 0.529. The molecular formula is C17H27NO. The van der Waals surface area contributed by atoms with E-state index in [2.05, 4.69) is 43.9 Å². The molecule has 0 saturated carbocycles. The minimum Gasteiger partial charge on any atom is -0.496 e. The molecule has 0 spiro atoms. The number of hydrogen-bond acceptors (Lipinski definition) is 2. The molecule has 1 aromatic rings. The van der Waals surface area contributed by atoms with Crippen LogP contribution in [0.3, 0.4) is 0 Å². The monoisotopic (exact) mass is 261 g/mol. The standard InChI is InChI=1S/C17H27NO/c1-5-7-8-9-16(18-12-6-2)15-13-14(3)10-11-17(15)19-4/h5,10-11,13,16,18H,1,6-9,12H2,2-4H3. The van der Waals surface area contributed by atoms with Crippen LogP contribution < -0.4 is 10.1 Å². The van der Waals surface area contributed by atoms with E-state index in [1.165, 1.54) is 11.1 Å². The van der Waals surface area contributed by atoms with Gasteiger partial charge in [-0.15, -0.1) is 6.58 Å². The first-order valence-corrected chi connectivity index (χ1v) is 7.21. The Balaban J connectivity index is 2.87. The average molecular weight is 261 g/mol. The van der Waals surface area contributed by atoms with Crippen LogP contribution in [0.2, 0.25) is 0 Å². The van der Waals surface area contributed by atoms with E-state index in [9.17, 15) is 0 Å². The Morgan fingerprint density at radius 2 is 2.21 bits per heavy atom. The normalized spacial score (nSPS) is 12.2. The van der Waals surface area contributed by atoms with Gasteiger partial charge in [0.05, 0.1) is 7.11 Å². The summed E-state index contributed by atoms with van der Waals surface area (Å²) < 4.78 is 5.51. The molecule has 2 nitrogen and oxygen atoms in total. The highest BCUT2D eigenvalue weighted by atomic mass is 16.5. The highest BCUT2D eigenvalue weighted by molar-refractivity contribution is 5.39. The van der Waals surface area contributed by atoms with Crippen LogP contribution in [0.5, 0.6) is 5.75 Å². The van der Waals surface area contributed by atoms with E-state index in [1.54, 1.807) is 7.11 Å². The zero-order chi connectivity index (χ0) is 14.1. The van der Waals surface area contributed by atoms with Crippen molar-refractivity contribution in [2.24, 2.45) is 0 Å². The van der Waals surface area contributed by atoms with Gasteiger partial charge in [0, 0.05) is 11.6 Å². The molecule has 1 unspecified atom stereocenters. The third-order valence-electron chi connectivity index (χ3n) is 3.30. The van der Waals surface area contributed by atoms with Crippen LogP contribution in [0.15, 0.2) is 30.9 Å². The summed E-state index contributed by atoms with van der Waals surface area (Å²) in [5.41, 5.74) is 2.56. The first-order valence-electron chi connectivity index (χ1n) is 7.21. The van der Waals surface area contributed by atoms with E-state index in [0.29, 0.717) is 6.04 Å². The van der Waals surface area contributed by atoms with E-state index >= 15 is 0 Å². The minimum absolute atomic E-state index is 0.370. The average Bonchev–Trinajstić information content (AvgIpc) is 2.42. The number of ether oxygens (including phenoxy) is 1. The van der Waals surface area contributed by atoms with Crippen molar-refractivity contribution in [3.63, 3.8) is 0 Å². The summed E-state index contributed by atoms with van der Waals surface area (Å²) in [7, 11) is 1.74. The highest BCUT2D eigenvalue weighted by Crippen LogP contribution is 2.29. The molecule has 0 fully saturated rings. The van der Waals surface area contributed by atoms with Gasteiger partial charge in [-0.3, -0.25) is 0 Å². The number of hydrogen-bond donors (Lipinski definition) is 1. The zero-order valence-corrected chi connectivity index (χ0v) is 12.5. The van der Waals surface area contributed by atoms with Crippen molar-refractivity contribution in [1.29, 1.82) is 0 Å². The molecule has 0 aromatic heterocycles. The number of aryl methyl sites for hydroxylation is 1. The molecular weight excluding hydrogens is 234 g/mol. The maximum absolute atomic E-state index is 5.51. The Bertz CT molecular complexity index is 387. The Hall–Kier alpha value is -1.28. The summed E-state index contributed by atoms with van der Waals surface area (Å²) in [5, 5.41) is 3.63. The molecule has 19 heavy (non-hydrogen) atoms. The lowest BCUT2D eigenvalue weighted by Crippen LogP contribution is -2.22. The maximum atomic E-state index is 5.51. The number of benzene rings is 1. The van der Waals surface area contributed by atoms with Gasteiger partial charge in [0.2, 0.25) is 0 Å². The second-order valence-electron chi connectivity index (χ2n) is 4.97. The molecule has 1 N–H and O–H groups in total. The molecule has 0 aliphatic rings. The van der Waals surface area contributed by atoms with E-state index in [1.807, 2.05) is 6.08 Å². The van der Waals surface area contributed by atoms with Gasteiger partial charge in [-0.05, 0) is 45.2 Å². The van der Waals surface area contributed by atoms with Crippen molar-refractivity contribution in [2.45, 2.75) is 45.6 Å². The first-order chi connectivity index (χ1) is 9.22. The van der Waals surface area contributed by atoms with Crippen molar-refractivity contribution in [3.8, 4) is 5.75 Å². The number of rotatable bonds is 9. The lowest BCUT2D eigenvalue weighted by molar-refractivity contribution is 0.393. The fourth-order valence-electron chi connectivity index (χ4n) is 2.28. The van der Waals surface area contributed by atoms with Crippen LogP contribution in [0.4, 0.5) is 0 Å². The van der Waals surface area contributed by atoms with Crippen molar-refractivity contribution >= 4 is 0 Å². The Labute approximate surface area is 117 Å². The number of nitrogens with one attached hydrogen (secondary N) is 1. The molecule has 1 aromatic carbocycles. The van der Waals surface area contributed by atoms with Crippen LogP contribution in [0.25, 0.3) is 0 Å². The van der Waals surface area contributed by atoms with Crippen LogP contribution in [-0.4, -0.2) is 13.7 Å². The topological polar surface area (TPSA) is 21.3 Å². The molecule has 0 bridgehead atoms. The summed E-state index contributed by atoms with van der Waals surface area (Å²) in [4.78, 5) is 0. The van der Waals surface area contributed by atoms with Crippen LogP contribution in [0, 0.1) is 6.92 Å². The van der Waals surface area contributed by atoms with E-state index in [0.717, 1.165) is 38.0 Å². The quantitative estimate of drug-likeness (QED) is 0.525. The third-order valence-corrected chi connectivity index (χ3v) is 3.30. The molecule has 0 aliphatic carbocycles. The second-order valence-corrected chi connectivity index (χ2v) is 4.97. The van der Waals surface area contributed by atoms with Crippen LogP contribution in [0.1, 0.15) is 49.8 Å². The highest BCUT2D eigenvalue weighted by Gasteiger charge is 2.15. The Kier molecular flexibility index (Phi) is 7.27. The van der Waals surface area contributed by atoms with Gasteiger partial charge in [-0.1, -0.05) is 30.7 Å². The summed E-state index contributed by atoms with van der Waals surface area (Å²) in [6.45, 7) is 9.16. The van der Waals surface area contributed by atoms with E-state index < -0.39 is 0 Å². The van der Waals surface area contributed by atoms with Gasteiger partial charge in [-0.2, -0.15) is 0 Å². The molecule has 0 aliphatic heterocycles. The summed E-state index contributed by atoms with van der Waals surface area (Å²) >= 11 is 0. The predicted molar refractivity (Wildman–Crippen MR) is 82.8 cm³/mol. The molecule has 0 heterocycles. The van der Waals surface area contributed by atoms with Gasteiger partial charge in [0.15, 0.2) is 0 Å². The molecule has 2 heteroatoms.